The van der Waals surface area contributed by atoms with E-state index in [1.54, 1.807) is 11.3 Å². The molecule has 2 fully saturated rings. The van der Waals surface area contributed by atoms with Crippen LogP contribution in [-0.4, -0.2) is 11.6 Å². The van der Waals surface area contributed by atoms with Crippen molar-refractivity contribution >= 4 is 23.0 Å². The number of thiophene rings is 1. The van der Waals surface area contributed by atoms with Gasteiger partial charge in [0.2, 0.25) is 0 Å². The summed E-state index contributed by atoms with van der Waals surface area (Å²) in [6, 6.07) is 1.90. The number of fused-ring (bicyclic) bond motifs is 2. The summed E-state index contributed by atoms with van der Waals surface area (Å²) in [5, 5.41) is 6.19. The largest absolute Gasteiger partial charge is 0.272 e. The van der Waals surface area contributed by atoms with Gasteiger partial charge in [0.25, 0.3) is 5.91 Å². The van der Waals surface area contributed by atoms with Crippen LogP contribution in [0.15, 0.2) is 16.5 Å². The molecule has 0 unspecified atom stereocenters. The second-order valence-electron chi connectivity index (χ2n) is 5.07. The lowest BCUT2D eigenvalue weighted by Gasteiger charge is -2.11. The van der Waals surface area contributed by atoms with Gasteiger partial charge in [0.1, 0.15) is 0 Å². The van der Waals surface area contributed by atoms with Crippen LogP contribution in [0.5, 0.6) is 0 Å². The Kier molecular flexibility index (Phi) is 2.74. The minimum absolute atomic E-state index is 0.0791. The van der Waals surface area contributed by atoms with Gasteiger partial charge in [-0.3, -0.25) is 4.79 Å². The Labute approximate surface area is 105 Å². The molecule has 17 heavy (non-hydrogen) atoms. The first-order valence-electron chi connectivity index (χ1n) is 6.14. The standard InChI is InChI=1S/C13H16N2OS/c1-8-4-11(7-17-8)13(16)15-14-12-6-9-2-3-10(12)5-9/h4,7,9-10H,2-3,5-6H2,1H3,(H,15,16)/b14-12+/t9-,10-/m0/s1. The molecule has 0 saturated heterocycles. The van der Waals surface area contributed by atoms with E-state index < -0.39 is 0 Å². The minimum atomic E-state index is -0.0791. The molecule has 0 spiro atoms. The molecule has 2 atom stereocenters. The summed E-state index contributed by atoms with van der Waals surface area (Å²) < 4.78 is 0. The van der Waals surface area contributed by atoms with Gasteiger partial charge < -0.3 is 0 Å². The molecule has 3 nitrogen and oxygen atoms in total. The third kappa shape index (κ3) is 2.14. The predicted molar refractivity (Wildman–Crippen MR) is 69.4 cm³/mol. The molecule has 2 aliphatic carbocycles. The maximum Gasteiger partial charge on any atom is 0.272 e. The average molecular weight is 248 g/mol. The van der Waals surface area contributed by atoms with E-state index in [0.29, 0.717) is 5.92 Å². The van der Waals surface area contributed by atoms with Crippen molar-refractivity contribution in [3.8, 4) is 0 Å². The van der Waals surface area contributed by atoms with Crippen molar-refractivity contribution in [1.82, 2.24) is 5.43 Å². The van der Waals surface area contributed by atoms with Gasteiger partial charge in [0, 0.05) is 16.0 Å². The highest BCUT2D eigenvalue weighted by Crippen LogP contribution is 2.42. The topological polar surface area (TPSA) is 41.5 Å². The van der Waals surface area contributed by atoms with Gasteiger partial charge in [0.05, 0.1) is 5.56 Å². The second kappa shape index (κ2) is 4.26. The van der Waals surface area contributed by atoms with E-state index in [4.69, 9.17) is 0 Å². The monoisotopic (exact) mass is 248 g/mol. The van der Waals surface area contributed by atoms with Crippen molar-refractivity contribution in [2.75, 3.05) is 0 Å². The smallest absolute Gasteiger partial charge is 0.267 e. The molecule has 0 aromatic carbocycles. The van der Waals surface area contributed by atoms with Crippen molar-refractivity contribution in [1.29, 1.82) is 0 Å². The molecule has 1 aromatic heterocycles. The Morgan fingerprint density at radius 3 is 3.00 bits per heavy atom. The molecule has 90 valence electrons. The molecule has 1 amide bonds. The lowest BCUT2D eigenvalue weighted by molar-refractivity contribution is 0.0955. The highest BCUT2D eigenvalue weighted by molar-refractivity contribution is 7.10. The molecule has 2 aliphatic rings. The van der Waals surface area contributed by atoms with E-state index in [9.17, 15) is 4.79 Å². The first-order chi connectivity index (χ1) is 8.22. The fourth-order valence-electron chi connectivity index (χ4n) is 2.91. The summed E-state index contributed by atoms with van der Waals surface area (Å²) in [5.74, 6) is 1.40. The minimum Gasteiger partial charge on any atom is -0.267 e. The van der Waals surface area contributed by atoms with E-state index >= 15 is 0 Å². The Hall–Kier alpha value is -1.16. The molecule has 1 N–H and O–H groups in total. The van der Waals surface area contributed by atoms with Gasteiger partial charge >= 0.3 is 0 Å². The maximum atomic E-state index is 11.8. The van der Waals surface area contributed by atoms with Crippen LogP contribution >= 0.6 is 11.3 Å². The van der Waals surface area contributed by atoms with Gasteiger partial charge in [-0.15, -0.1) is 11.3 Å². The zero-order valence-electron chi connectivity index (χ0n) is 9.90. The van der Waals surface area contributed by atoms with Crippen LogP contribution in [0.3, 0.4) is 0 Å². The third-order valence-corrected chi connectivity index (χ3v) is 4.67. The highest BCUT2D eigenvalue weighted by atomic mass is 32.1. The van der Waals surface area contributed by atoms with Crippen LogP contribution in [0.2, 0.25) is 0 Å². The van der Waals surface area contributed by atoms with Crippen molar-refractivity contribution in [3.05, 3.63) is 21.9 Å². The molecule has 3 rings (SSSR count). The fraction of sp³-hybridized carbons (Fsp3) is 0.538. The van der Waals surface area contributed by atoms with Crippen LogP contribution in [0.1, 0.15) is 40.9 Å². The van der Waals surface area contributed by atoms with Crippen LogP contribution < -0.4 is 5.43 Å². The zero-order valence-corrected chi connectivity index (χ0v) is 10.7. The van der Waals surface area contributed by atoms with Crippen molar-refractivity contribution in [2.45, 2.75) is 32.6 Å². The Morgan fingerprint density at radius 2 is 2.41 bits per heavy atom. The first-order valence-corrected chi connectivity index (χ1v) is 7.02. The number of hydrogen-bond acceptors (Lipinski definition) is 3. The maximum absolute atomic E-state index is 11.8. The van der Waals surface area contributed by atoms with Crippen LogP contribution in [0.25, 0.3) is 0 Å². The number of hydrogen-bond donors (Lipinski definition) is 1. The van der Waals surface area contributed by atoms with Crippen LogP contribution in [-0.2, 0) is 0 Å². The highest BCUT2D eigenvalue weighted by Gasteiger charge is 2.36. The normalized spacial score (nSPS) is 28.9. The predicted octanol–water partition coefficient (Wildman–Crippen LogP) is 2.96. The number of amides is 1. The fourth-order valence-corrected chi connectivity index (χ4v) is 3.59. The van der Waals surface area contributed by atoms with E-state index in [0.717, 1.165) is 22.8 Å². The molecule has 2 saturated carbocycles. The van der Waals surface area contributed by atoms with Gasteiger partial charge in [-0.2, -0.15) is 5.10 Å². The van der Waals surface area contributed by atoms with Crippen LogP contribution in [0.4, 0.5) is 0 Å². The Bertz CT molecular complexity index is 478. The SMILES string of the molecule is Cc1cc(C(=O)N/N=C2\C[C@H]3CC[C@H]2C3)cs1. The van der Waals surface area contributed by atoms with E-state index in [1.807, 2.05) is 18.4 Å². The molecular weight excluding hydrogens is 232 g/mol. The number of carbonyl (C=O) groups excluding carboxylic acids is 1. The molecule has 1 heterocycles. The number of carbonyl (C=O) groups is 1. The Morgan fingerprint density at radius 1 is 1.53 bits per heavy atom. The molecule has 0 aliphatic heterocycles. The first kappa shape index (κ1) is 11.0. The van der Waals surface area contributed by atoms with E-state index in [1.165, 1.54) is 25.0 Å². The summed E-state index contributed by atoms with van der Waals surface area (Å²) in [7, 11) is 0. The summed E-state index contributed by atoms with van der Waals surface area (Å²) in [6.45, 7) is 2.00. The lowest BCUT2D eigenvalue weighted by Crippen LogP contribution is -2.21. The van der Waals surface area contributed by atoms with Crippen LogP contribution in [0, 0.1) is 18.8 Å². The second-order valence-corrected chi connectivity index (χ2v) is 6.19. The number of nitrogens with zero attached hydrogens (tertiary/aromatic N) is 1. The molecule has 0 radical (unpaired) electrons. The van der Waals surface area contributed by atoms with Gasteiger partial charge in [0.15, 0.2) is 0 Å². The quantitative estimate of drug-likeness (QED) is 0.803. The van der Waals surface area contributed by atoms with E-state index in [-0.39, 0.29) is 5.91 Å². The van der Waals surface area contributed by atoms with Crippen molar-refractivity contribution < 1.29 is 4.79 Å². The van der Waals surface area contributed by atoms with Gasteiger partial charge in [-0.25, -0.2) is 5.43 Å². The molecule has 1 aromatic rings. The summed E-state index contributed by atoms with van der Waals surface area (Å²) in [6.07, 6.45) is 4.98. The molecule has 4 heteroatoms. The molecular formula is C13H16N2OS. The number of rotatable bonds is 2. The zero-order chi connectivity index (χ0) is 11.8. The lowest BCUT2D eigenvalue weighted by atomic mass is 9.99. The number of hydrazone groups is 1. The van der Waals surface area contributed by atoms with E-state index in [2.05, 4.69) is 10.5 Å². The molecule has 2 bridgehead atoms. The van der Waals surface area contributed by atoms with Crippen molar-refractivity contribution in [3.63, 3.8) is 0 Å². The Balaban J connectivity index is 1.64. The van der Waals surface area contributed by atoms with Crippen molar-refractivity contribution in [2.24, 2.45) is 16.9 Å². The van der Waals surface area contributed by atoms with Gasteiger partial charge in [-0.1, -0.05) is 0 Å². The van der Waals surface area contributed by atoms with Gasteiger partial charge in [-0.05, 0) is 50.5 Å². The average Bonchev–Trinajstić information content (AvgIpc) is 3.01. The summed E-state index contributed by atoms with van der Waals surface area (Å²) in [4.78, 5) is 13.0. The third-order valence-electron chi connectivity index (χ3n) is 3.80. The number of aryl methyl sites for hydroxylation is 1. The summed E-state index contributed by atoms with van der Waals surface area (Å²) in [5.41, 5.74) is 4.63. The summed E-state index contributed by atoms with van der Waals surface area (Å²) >= 11 is 1.59. The number of nitrogens with one attached hydrogen (secondary N) is 1.